The third-order valence-corrected chi connectivity index (χ3v) is 26.7. The number of ether oxygens (including phenoxy) is 6. The monoisotopic (exact) mass is 2070 g/mol. The van der Waals surface area contributed by atoms with Crippen LogP contribution in [0.3, 0.4) is 0 Å². The Kier molecular flexibility index (Phi) is 49.3. The number of benzene rings is 1. The Morgan fingerprint density at radius 3 is 1.14 bits per heavy atom. The van der Waals surface area contributed by atoms with E-state index in [-0.39, 0.29) is 101 Å². The van der Waals surface area contributed by atoms with E-state index in [2.05, 4.69) is 384 Å². The zero-order valence-electron chi connectivity index (χ0n) is 102. The number of carbonyl (C=O) groups is 1. The van der Waals surface area contributed by atoms with E-state index in [1.54, 1.807) is 12.4 Å². The lowest BCUT2D eigenvalue weighted by molar-refractivity contribution is -0.0183. The van der Waals surface area contributed by atoms with Crippen LogP contribution in [0.25, 0.3) is 0 Å². The number of carbonyl (C=O) groups excluding carboxylic acids is 1. The van der Waals surface area contributed by atoms with Gasteiger partial charge in [-0.15, -0.1) is 0 Å². The number of aliphatic hydroxyl groups is 2. The van der Waals surface area contributed by atoms with Gasteiger partial charge in [0.15, 0.2) is 0 Å². The highest BCUT2D eigenvalue weighted by atomic mass is 16.5. The first-order chi connectivity index (χ1) is 67.8. The fourth-order valence-corrected chi connectivity index (χ4v) is 18.2. The van der Waals surface area contributed by atoms with Gasteiger partial charge >= 0.3 is 0 Å². The van der Waals surface area contributed by atoms with Crippen molar-refractivity contribution in [2.75, 3.05) is 225 Å². The average molecular weight is 2070 g/mol. The summed E-state index contributed by atoms with van der Waals surface area (Å²) in [6.07, 6.45) is 9.91. The minimum Gasteiger partial charge on any atom is -0.493 e. The number of amides is 1. The zero-order chi connectivity index (χ0) is 111. The third kappa shape index (κ3) is 52.0. The van der Waals surface area contributed by atoms with E-state index in [1.807, 2.05) is 74.5 Å². The number of anilines is 3. The Morgan fingerprint density at radius 2 is 0.764 bits per heavy atom. The smallest absolute Gasteiger partial charge is 0.253 e. The van der Waals surface area contributed by atoms with Crippen LogP contribution in [0.5, 0.6) is 23.3 Å². The molecule has 1 amide bonds. The van der Waals surface area contributed by atoms with Gasteiger partial charge in [0.05, 0.1) is 58.0 Å². The fourth-order valence-electron chi connectivity index (χ4n) is 18.2. The zero-order valence-corrected chi connectivity index (χ0v) is 102. The largest absolute Gasteiger partial charge is 0.493 e. The van der Waals surface area contributed by atoms with E-state index in [0.29, 0.717) is 57.4 Å². The summed E-state index contributed by atoms with van der Waals surface area (Å²) in [5, 5.41) is 23.7. The van der Waals surface area contributed by atoms with Crippen molar-refractivity contribution in [2.24, 2.45) is 27.1 Å². The van der Waals surface area contributed by atoms with E-state index < -0.39 is 0 Å². The van der Waals surface area contributed by atoms with Crippen LogP contribution in [-0.4, -0.2) is 364 Å². The summed E-state index contributed by atoms with van der Waals surface area (Å²) in [6, 6.07) is 22.7. The highest BCUT2D eigenvalue weighted by Gasteiger charge is 2.37. The van der Waals surface area contributed by atoms with Crippen LogP contribution < -0.4 is 39.0 Å². The van der Waals surface area contributed by atoms with Crippen LogP contribution in [0.4, 0.5) is 17.6 Å². The lowest BCUT2D eigenvalue weighted by Gasteiger charge is -2.42. The Labute approximate surface area is 903 Å². The Hall–Kier alpha value is -6.70. The molecule has 2 atom stereocenters. The van der Waals surface area contributed by atoms with Crippen LogP contribution >= 0.6 is 0 Å². The summed E-state index contributed by atoms with van der Waals surface area (Å²) in [4.78, 5) is 63.9. The first-order valence-corrected chi connectivity index (χ1v) is 56.0. The van der Waals surface area contributed by atoms with E-state index in [9.17, 15) is 15.0 Å². The van der Waals surface area contributed by atoms with Gasteiger partial charge in [-0.3, -0.25) is 44.0 Å². The Morgan fingerprint density at radius 1 is 0.378 bits per heavy atom. The van der Waals surface area contributed by atoms with Crippen LogP contribution in [0, 0.1) is 27.1 Å². The van der Waals surface area contributed by atoms with Gasteiger partial charge in [0.2, 0.25) is 17.7 Å². The second-order valence-corrected chi connectivity index (χ2v) is 57.4. The van der Waals surface area contributed by atoms with Gasteiger partial charge in [-0.2, -0.15) is 4.98 Å². The molecule has 7 fully saturated rings. The molecule has 3 N–H and O–H groups in total. The summed E-state index contributed by atoms with van der Waals surface area (Å²) < 4.78 is 34.5. The Balaban J connectivity index is 0.000000264. The minimum absolute atomic E-state index is 0.128. The van der Waals surface area contributed by atoms with Gasteiger partial charge in [-0.05, 0) is 265 Å². The number of nitrogens with one attached hydrogen (secondary N) is 1. The van der Waals surface area contributed by atoms with Crippen LogP contribution in [0.2, 0.25) is 0 Å². The fraction of sp³-hybridized carbons (Fsp3) is 0.785. The SMILES string of the molecule is CC(C)(C)COC[C@@H](O)CN1CCN(C(C)(C)C)CC1.CC(C)(C)COC[C@H](O)CN1CCN(C(C)(C)C)CC1.CC(C)(C)COc1ccnc(N2CCN(C(C)(C)C)CC2)c1.CC(C)(C)COc1ccnc(N2CCN(C(C)(C)C)CC2)n1.CC(C)(C)Cc1cccc(C(=O)N2CCN(C(C)(C)C)CC2)c1.CC(C)(C)NC1CC(Oc2ccc(OC(C)(C)C)cn2)C1.CC(C)(C)c1ccnc(N2CCN(C(C)(C)C)CC2)c1. The van der Waals surface area contributed by atoms with Crippen molar-refractivity contribution in [3.63, 3.8) is 0 Å². The van der Waals surface area contributed by atoms with E-state index in [1.165, 1.54) is 11.1 Å². The van der Waals surface area contributed by atoms with Crippen molar-refractivity contribution in [1.29, 1.82) is 0 Å². The van der Waals surface area contributed by atoms with Gasteiger partial charge in [0.1, 0.15) is 34.8 Å². The molecule has 5 aromatic rings. The predicted octanol–water partition coefficient (Wildman–Crippen LogP) is 20.6. The summed E-state index contributed by atoms with van der Waals surface area (Å²) >= 11 is 0. The number of hydrogen-bond acceptors (Lipinski definition) is 26. The average Bonchev–Trinajstić information content (AvgIpc) is 0.817. The normalized spacial score (nSPS) is 19.4. The van der Waals surface area contributed by atoms with Crippen molar-refractivity contribution in [3.05, 3.63) is 108 Å². The van der Waals surface area contributed by atoms with Crippen LogP contribution in [-0.2, 0) is 21.3 Å². The lowest BCUT2D eigenvalue weighted by Crippen LogP contribution is -2.54. The first-order valence-electron chi connectivity index (χ1n) is 56.0. The van der Waals surface area contributed by atoms with E-state index in [0.717, 1.165) is 224 Å². The molecule has 27 heteroatoms. The lowest BCUT2D eigenvalue weighted by atomic mass is 9.87. The molecule has 27 nitrogen and oxygen atoms in total. The second kappa shape index (κ2) is 56.1. The summed E-state index contributed by atoms with van der Waals surface area (Å²) in [5.74, 6) is 6.14. The second-order valence-electron chi connectivity index (χ2n) is 57.4. The molecule has 0 spiro atoms. The molecule has 6 aliphatic heterocycles. The molecule has 6 saturated heterocycles. The molecule has 10 heterocycles. The Bertz CT molecular complexity index is 4410. The van der Waals surface area contributed by atoms with Gasteiger partial charge in [0, 0.05) is 257 Å². The molecule has 1 aliphatic carbocycles. The van der Waals surface area contributed by atoms with Crippen molar-refractivity contribution in [1.82, 2.24) is 74.3 Å². The molecule has 0 radical (unpaired) electrons. The molecule has 846 valence electrons. The molecule has 0 unspecified atom stereocenters. The molecule has 148 heavy (non-hydrogen) atoms. The van der Waals surface area contributed by atoms with Crippen LogP contribution in [0.15, 0.2) is 91.5 Å². The summed E-state index contributed by atoms with van der Waals surface area (Å²) in [5.41, 5.74) is 5.88. The number of pyridine rings is 3. The summed E-state index contributed by atoms with van der Waals surface area (Å²) in [7, 11) is 0. The van der Waals surface area contributed by atoms with Gasteiger partial charge in [-0.1, -0.05) is 137 Å². The first kappa shape index (κ1) is 130. The topological polar surface area (TPSA) is 228 Å². The molecule has 4 aromatic heterocycles. The standard InChI is InChI=1S/C20H32N2O.C18H31N3O.C17H30N4O.C17H29N3.C17H28N2O2.2C16H34N2O2/c1-19(2,3)15-16-8-7-9-17(14-16)18(23)21-10-12-22(13-11-21)20(4,5)6;1-17(2,3)14-22-15-7-8-19-16(13-15)20-9-11-21(12-10-20)18(4,5)6;1-16(2,3)13-22-14-7-8-18-15(19-14)20-9-11-21(12-10-20)17(4,5)6;1-16(2,3)14-7-8-18-15(13-14)19-9-11-20(12-10-19)17(4,5)6;1-16(2,3)19-12-9-14(10-12)20-15-8-7-13(11-18-15)21-17(4,5)6;2*1-15(2,3)13-20-12-14(19)11-17-7-9-18(10-8-17)16(4,5)6/h7-9,14H,10-13,15H2,1-6H3;7-8,13H,9-12,14H2,1-6H3;7-8H,9-13H2,1-6H3;7-8,13H,9-12H2,1-6H3;7-8,11-12,14,19H,9-10H2,1-6H3;2*14,19H,7-13H2,1-6H3/t;;;;;2*14-/m.....10/s1. The molecular weight excluding hydrogens is 1850 g/mol. The van der Waals surface area contributed by atoms with Crippen LogP contribution in [0.1, 0.15) is 325 Å². The quantitative estimate of drug-likeness (QED) is 0.0552. The maximum atomic E-state index is 12.8. The number of β-amino-alcohol motifs (C(OH)–C–C–N with tert-alkyl or cyclic N) is 2. The maximum Gasteiger partial charge on any atom is 0.253 e. The molecule has 0 bridgehead atoms. The van der Waals surface area contributed by atoms with Crippen molar-refractivity contribution in [3.8, 4) is 23.3 Å². The number of aliphatic hydroxyl groups excluding tert-OH is 2. The number of hydrogen-bond donors (Lipinski definition) is 3. The number of nitrogens with zero attached hydrogens (tertiary/aromatic N) is 17. The van der Waals surface area contributed by atoms with Crippen molar-refractivity contribution in [2.45, 2.75) is 384 Å². The number of piperazine rings is 6. The van der Waals surface area contributed by atoms with Crippen molar-refractivity contribution < 1.29 is 43.4 Å². The minimum atomic E-state index is -0.376. The third-order valence-electron chi connectivity index (χ3n) is 26.7. The van der Waals surface area contributed by atoms with Gasteiger partial charge in [-0.25, -0.2) is 19.9 Å². The number of rotatable bonds is 23. The molecule has 1 saturated carbocycles. The maximum absolute atomic E-state index is 12.8. The van der Waals surface area contributed by atoms with Gasteiger partial charge in [0.25, 0.3) is 5.91 Å². The van der Waals surface area contributed by atoms with E-state index >= 15 is 0 Å². The molecule has 12 rings (SSSR count). The number of aromatic nitrogens is 5. The summed E-state index contributed by atoms with van der Waals surface area (Å²) in [6.45, 7) is 122. The molecule has 1 aromatic carbocycles. The van der Waals surface area contributed by atoms with Gasteiger partial charge < -0.3 is 63.6 Å². The highest BCUT2D eigenvalue weighted by Crippen LogP contribution is 2.34. The predicted molar refractivity (Wildman–Crippen MR) is 620 cm³/mol. The highest BCUT2D eigenvalue weighted by molar-refractivity contribution is 5.94. The van der Waals surface area contributed by atoms with Crippen molar-refractivity contribution >= 4 is 23.5 Å². The molecule has 7 aliphatic rings. The molecular formula is C121H218N18O9. The van der Waals surface area contributed by atoms with E-state index in [4.69, 9.17) is 28.4 Å².